The summed E-state index contributed by atoms with van der Waals surface area (Å²) in [5.41, 5.74) is 1.69. The first-order chi connectivity index (χ1) is 11.8. The Morgan fingerprint density at radius 3 is 2.83 bits per heavy atom. The predicted octanol–water partition coefficient (Wildman–Crippen LogP) is 2.34. The van der Waals surface area contributed by atoms with Gasteiger partial charge in [-0.1, -0.05) is 12.1 Å². The van der Waals surface area contributed by atoms with Gasteiger partial charge in [0, 0.05) is 32.2 Å². The van der Waals surface area contributed by atoms with Crippen LogP contribution in [0.4, 0.5) is 6.01 Å². The van der Waals surface area contributed by atoms with E-state index in [0.29, 0.717) is 12.6 Å². The first kappa shape index (κ1) is 15.4. The van der Waals surface area contributed by atoms with Gasteiger partial charge < -0.3 is 19.4 Å². The van der Waals surface area contributed by atoms with E-state index in [1.807, 2.05) is 24.3 Å². The number of para-hydroxylation sites is 2. The van der Waals surface area contributed by atoms with Gasteiger partial charge in [0.15, 0.2) is 5.58 Å². The van der Waals surface area contributed by atoms with Crippen molar-refractivity contribution in [3.8, 4) is 0 Å². The number of ether oxygens (including phenoxy) is 1. The molecule has 0 radical (unpaired) electrons. The van der Waals surface area contributed by atoms with E-state index in [1.165, 1.54) is 0 Å². The van der Waals surface area contributed by atoms with Gasteiger partial charge in [-0.3, -0.25) is 4.79 Å². The Bertz CT molecular complexity index is 667. The van der Waals surface area contributed by atoms with Crippen LogP contribution in [0.25, 0.3) is 11.1 Å². The Morgan fingerprint density at radius 2 is 2.08 bits per heavy atom. The van der Waals surface area contributed by atoms with Crippen LogP contribution in [-0.2, 0) is 9.53 Å². The van der Waals surface area contributed by atoms with Crippen molar-refractivity contribution in [2.75, 3.05) is 31.1 Å². The maximum atomic E-state index is 12.3. The molecule has 0 unspecified atom stereocenters. The second-order valence-electron chi connectivity index (χ2n) is 6.61. The Labute approximate surface area is 141 Å². The number of aromatic nitrogens is 1. The molecule has 1 amide bonds. The Balaban J connectivity index is 1.30. The van der Waals surface area contributed by atoms with E-state index >= 15 is 0 Å². The van der Waals surface area contributed by atoms with Crippen molar-refractivity contribution in [2.45, 2.75) is 31.8 Å². The number of anilines is 1. The number of nitrogens with zero attached hydrogens (tertiary/aromatic N) is 2. The molecule has 1 atom stereocenters. The lowest BCUT2D eigenvalue weighted by Crippen LogP contribution is -2.42. The summed E-state index contributed by atoms with van der Waals surface area (Å²) in [4.78, 5) is 19.0. The lowest BCUT2D eigenvalue weighted by molar-refractivity contribution is -0.126. The van der Waals surface area contributed by atoms with Crippen LogP contribution >= 0.6 is 0 Å². The third-order valence-electron chi connectivity index (χ3n) is 4.95. The zero-order valence-corrected chi connectivity index (χ0v) is 13.7. The Kier molecular flexibility index (Phi) is 4.38. The standard InChI is InChI=1S/C18H23N3O3/c22-17(19-12-14-4-3-11-23-14)13-7-9-21(10-8-13)18-20-15-5-1-2-6-16(15)24-18/h1-2,5-6,13-14H,3-4,7-12H2,(H,19,22)/t14-/m1/s1. The highest BCUT2D eigenvalue weighted by Crippen LogP contribution is 2.26. The largest absolute Gasteiger partial charge is 0.423 e. The van der Waals surface area contributed by atoms with E-state index < -0.39 is 0 Å². The minimum Gasteiger partial charge on any atom is -0.423 e. The molecule has 1 aromatic heterocycles. The molecule has 1 N–H and O–H groups in total. The topological polar surface area (TPSA) is 67.6 Å². The maximum absolute atomic E-state index is 12.3. The third-order valence-corrected chi connectivity index (χ3v) is 4.95. The van der Waals surface area contributed by atoms with E-state index in [2.05, 4.69) is 15.2 Å². The summed E-state index contributed by atoms with van der Waals surface area (Å²) in [5, 5.41) is 3.05. The molecular weight excluding hydrogens is 306 g/mol. The van der Waals surface area contributed by atoms with Crippen LogP contribution in [0.15, 0.2) is 28.7 Å². The minimum atomic E-state index is 0.0760. The molecule has 0 aliphatic carbocycles. The van der Waals surface area contributed by atoms with Gasteiger partial charge in [0.05, 0.1) is 6.10 Å². The summed E-state index contributed by atoms with van der Waals surface area (Å²) in [6, 6.07) is 8.45. The summed E-state index contributed by atoms with van der Waals surface area (Å²) in [5.74, 6) is 0.231. The normalized spacial score (nSPS) is 22.2. The van der Waals surface area contributed by atoms with Crippen molar-refractivity contribution >= 4 is 23.0 Å². The van der Waals surface area contributed by atoms with Crippen LogP contribution in [0.2, 0.25) is 0 Å². The van der Waals surface area contributed by atoms with Crippen LogP contribution in [0.1, 0.15) is 25.7 Å². The lowest BCUT2D eigenvalue weighted by Gasteiger charge is -2.30. The average molecular weight is 329 g/mol. The first-order valence-corrected chi connectivity index (χ1v) is 8.79. The van der Waals surface area contributed by atoms with Gasteiger partial charge in [0.2, 0.25) is 5.91 Å². The zero-order chi connectivity index (χ0) is 16.4. The number of carbonyl (C=O) groups excluding carboxylic acids is 1. The number of piperidine rings is 1. The van der Waals surface area contributed by atoms with E-state index in [4.69, 9.17) is 9.15 Å². The number of rotatable bonds is 4. The highest BCUT2D eigenvalue weighted by atomic mass is 16.5. The Hall–Kier alpha value is -2.08. The van der Waals surface area contributed by atoms with Crippen LogP contribution in [0, 0.1) is 5.92 Å². The monoisotopic (exact) mass is 329 g/mol. The van der Waals surface area contributed by atoms with Gasteiger partial charge in [-0.05, 0) is 37.8 Å². The fourth-order valence-electron chi connectivity index (χ4n) is 3.49. The van der Waals surface area contributed by atoms with Crippen LogP contribution in [0.5, 0.6) is 0 Å². The molecule has 2 fully saturated rings. The zero-order valence-electron chi connectivity index (χ0n) is 13.7. The first-order valence-electron chi connectivity index (χ1n) is 8.79. The van der Waals surface area contributed by atoms with E-state index in [0.717, 1.165) is 56.5 Å². The number of oxazole rings is 1. The quantitative estimate of drug-likeness (QED) is 0.932. The molecule has 128 valence electrons. The van der Waals surface area contributed by atoms with Gasteiger partial charge in [0.25, 0.3) is 6.01 Å². The number of amides is 1. The lowest BCUT2D eigenvalue weighted by atomic mass is 9.96. The van der Waals surface area contributed by atoms with Crippen LogP contribution in [0.3, 0.4) is 0 Å². The number of carbonyl (C=O) groups is 1. The van der Waals surface area contributed by atoms with Crippen molar-refractivity contribution in [3.05, 3.63) is 24.3 Å². The van der Waals surface area contributed by atoms with Crippen LogP contribution < -0.4 is 10.2 Å². The fourth-order valence-corrected chi connectivity index (χ4v) is 3.49. The molecule has 2 aromatic rings. The van der Waals surface area contributed by atoms with Crippen molar-refractivity contribution in [1.29, 1.82) is 0 Å². The average Bonchev–Trinajstić information content (AvgIpc) is 3.29. The molecule has 3 heterocycles. The summed E-state index contributed by atoms with van der Waals surface area (Å²) >= 11 is 0. The molecule has 2 aliphatic heterocycles. The van der Waals surface area contributed by atoms with Crippen molar-refractivity contribution in [3.63, 3.8) is 0 Å². The molecule has 2 aliphatic rings. The molecule has 2 saturated heterocycles. The molecule has 24 heavy (non-hydrogen) atoms. The molecule has 6 nitrogen and oxygen atoms in total. The number of benzene rings is 1. The third kappa shape index (κ3) is 3.24. The summed E-state index contributed by atoms with van der Waals surface area (Å²) in [6.07, 6.45) is 4.01. The summed E-state index contributed by atoms with van der Waals surface area (Å²) in [7, 11) is 0. The van der Waals surface area contributed by atoms with E-state index in [1.54, 1.807) is 0 Å². The molecule has 6 heteroatoms. The second-order valence-corrected chi connectivity index (χ2v) is 6.61. The summed E-state index contributed by atoms with van der Waals surface area (Å²) < 4.78 is 11.4. The SMILES string of the molecule is O=C(NC[C@H]1CCCO1)C1CCN(c2nc3ccccc3o2)CC1. The number of fused-ring (bicyclic) bond motifs is 1. The number of hydrogen-bond donors (Lipinski definition) is 1. The second kappa shape index (κ2) is 6.81. The number of nitrogens with one attached hydrogen (secondary N) is 1. The predicted molar refractivity (Wildman–Crippen MR) is 90.9 cm³/mol. The van der Waals surface area contributed by atoms with Crippen molar-refractivity contribution in [2.24, 2.45) is 5.92 Å². The molecule has 0 saturated carbocycles. The van der Waals surface area contributed by atoms with Crippen LogP contribution in [-0.4, -0.2) is 43.2 Å². The molecule has 0 bridgehead atoms. The highest BCUT2D eigenvalue weighted by Gasteiger charge is 2.27. The maximum Gasteiger partial charge on any atom is 0.298 e. The van der Waals surface area contributed by atoms with Gasteiger partial charge in [-0.25, -0.2) is 0 Å². The smallest absolute Gasteiger partial charge is 0.298 e. The highest BCUT2D eigenvalue weighted by molar-refractivity contribution is 5.79. The van der Waals surface area contributed by atoms with Gasteiger partial charge in [-0.15, -0.1) is 0 Å². The Morgan fingerprint density at radius 1 is 1.25 bits per heavy atom. The van der Waals surface area contributed by atoms with E-state index in [9.17, 15) is 4.79 Å². The molecule has 0 spiro atoms. The summed E-state index contributed by atoms with van der Waals surface area (Å²) in [6.45, 7) is 3.06. The fraction of sp³-hybridized carbons (Fsp3) is 0.556. The van der Waals surface area contributed by atoms with Crippen molar-refractivity contribution < 1.29 is 13.9 Å². The van der Waals surface area contributed by atoms with Gasteiger partial charge >= 0.3 is 0 Å². The van der Waals surface area contributed by atoms with E-state index in [-0.39, 0.29) is 17.9 Å². The molecule has 1 aromatic carbocycles. The van der Waals surface area contributed by atoms with Gasteiger partial charge in [-0.2, -0.15) is 4.98 Å². The minimum absolute atomic E-state index is 0.0760. The number of hydrogen-bond acceptors (Lipinski definition) is 5. The molecular formula is C18H23N3O3. The van der Waals surface area contributed by atoms with Gasteiger partial charge in [0.1, 0.15) is 5.52 Å². The van der Waals surface area contributed by atoms with Crippen molar-refractivity contribution in [1.82, 2.24) is 10.3 Å². The molecule has 4 rings (SSSR count).